The number of hydrogen-bond donors (Lipinski definition) is 1. The Morgan fingerprint density at radius 2 is 1.93 bits per heavy atom. The standard InChI is InChI=1S/C11H23NO2/c1-10(13)9-14-8-6-5-7-12-11(2,3)4/h12H,5-9H2,1-4H3. The molecule has 0 amide bonds. The van der Waals surface area contributed by atoms with E-state index in [1.54, 1.807) is 6.92 Å². The summed E-state index contributed by atoms with van der Waals surface area (Å²) in [5, 5.41) is 3.40. The Morgan fingerprint density at radius 1 is 1.29 bits per heavy atom. The highest BCUT2D eigenvalue weighted by Gasteiger charge is 2.06. The molecule has 3 nitrogen and oxygen atoms in total. The third-order valence-electron chi connectivity index (χ3n) is 1.68. The number of rotatable bonds is 7. The Labute approximate surface area is 87.2 Å². The van der Waals surface area contributed by atoms with Crippen LogP contribution in [0.15, 0.2) is 0 Å². The van der Waals surface area contributed by atoms with Gasteiger partial charge in [0.2, 0.25) is 0 Å². The largest absolute Gasteiger partial charge is 0.374 e. The van der Waals surface area contributed by atoms with Gasteiger partial charge >= 0.3 is 0 Å². The molecule has 0 saturated carbocycles. The monoisotopic (exact) mass is 201 g/mol. The second kappa shape index (κ2) is 6.96. The highest BCUT2D eigenvalue weighted by Crippen LogP contribution is 1.99. The average molecular weight is 201 g/mol. The van der Waals surface area contributed by atoms with E-state index in [2.05, 4.69) is 26.1 Å². The first-order valence-corrected chi connectivity index (χ1v) is 5.24. The Bertz CT molecular complexity index is 161. The second-order valence-electron chi connectivity index (χ2n) is 4.64. The number of ketones is 1. The number of nitrogens with one attached hydrogen (secondary N) is 1. The van der Waals surface area contributed by atoms with E-state index in [1.807, 2.05) is 0 Å². The molecular formula is C11H23NO2. The molecular weight excluding hydrogens is 178 g/mol. The number of hydrogen-bond acceptors (Lipinski definition) is 3. The third-order valence-corrected chi connectivity index (χ3v) is 1.68. The van der Waals surface area contributed by atoms with Crippen molar-refractivity contribution in [1.82, 2.24) is 5.32 Å². The summed E-state index contributed by atoms with van der Waals surface area (Å²) >= 11 is 0. The zero-order chi connectivity index (χ0) is 11.0. The molecule has 0 heterocycles. The molecule has 14 heavy (non-hydrogen) atoms. The molecule has 0 aliphatic rings. The van der Waals surface area contributed by atoms with Crippen molar-refractivity contribution in [2.24, 2.45) is 0 Å². The van der Waals surface area contributed by atoms with Gasteiger partial charge < -0.3 is 10.1 Å². The smallest absolute Gasteiger partial charge is 0.155 e. The molecule has 0 aliphatic carbocycles. The zero-order valence-electron chi connectivity index (χ0n) is 9.85. The fourth-order valence-corrected chi connectivity index (χ4v) is 1.01. The van der Waals surface area contributed by atoms with Crippen LogP contribution in [0.5, 0.6) is 0 Å². The number of carbonyl (C=O) groups is 1. The van der Waals surface area contributed by atoms with Gasteiger partial charge in [0.05, 0.1) is 0 Å². The number of carbonyl (C=O) groups excluding carboxylic acids is 1. The van der Waals surface area contributed by atoms with Crippen molar-refractivity contribution < 1.29 is 9.53 Å². The van der Waals surface area contributed by atoms with Gasteiger partial charge in [-0.1, -0.05) is 0 Å². The number of ether oxygens (including phenoxy) is 1. The molecule has 0 fully saturated rings. The summed E-state index contributed by atoms with van der Waals surface area (Å²) in [6.45, 7) is 9.95. The minimum absolute atomic E-state index is 0.0952. The molecule has 0 aromatic rings. The predicted molar refractivity (Wildman–Crippen MR) is 58.5 cm³/mol. The van der Waals surface area contributed by atoms with Crippen molar-refractivity contribution in [3.8, 4) is 0 Å². The maximum atomic E-state index is 10.5. The van der Waals surface area contributed by atoms with Crippen molar-refractivity contribution in [3.63, 3.8) is 0 Å². The highest BCUT2D eigenvalue weighted by molar-refractivity contribution is 5.76. The van der Waals surface area contributed by atoms with Gasteiger partial charge in [0, 0.05) is 12.1 Å². The van der Waals surface area contributed by atoms with E-state index in [0.717, 1.165) is 19.4 Å². The molecule has 3 heteroatoms. The van der Waals surface area contributed by atoms with Crippen molar-refractivity contribution in [3.05, 3.63) is 0 Å². The molecule has 0 saturated heterocycles. The maximum absolute atomic E-state index is 10.5. The van der Waals surface area contributed by atoms with Crippen LogP contribution >= 0.6 is 0 Å². The van der Waals surface area contributed by atoms with Gasteiger partial charge in [-0.05, 0) is 47.1 Å². The summed E-state index contributed by atoms with van der Waals surface area (Å²) in [7, 11) is 0. The van der Waals surface area contributed by atoms with Crippen LogP contribution in [0, 0.1) is 0 Å². The molecule has 0 aromatic carbocycles. The first-order valence-electron chi connectivity index (χ1n) is 5.24. The van der Waals surface area contributed by atoms with Gasteiger partial charge in [-0.15, -0.1) is 0 Å². The van der Waals surface area contributed by atoms with Crippen LogP contribution in [-0.2, 0) is 9.53 Å². The van der Waals surface area contributed by atoms with Crippen LogP contribution < -0.4 is 5.32 Å². The third kappa shape index (κ3) is 11.6. The SMILES string of the molecule is CC(=O)COCCCCNC(C)(C)C. The fourth-order valence-electron chi connectivity index (χ4n) is 1.01. The maximum Gasteiger partial charge on any atom is 0.155 e. The van der Waals surface area contributed by atoms with Gasteiger partial charge in [0.1, 0.15) is 6.61 Å². The van der Waals surface area contributed by atoms with Crippen molar-refractivity contribution in [2.45, 2.75) is 46.1 Å². The van der Waals surface area contributed by atoms with Gasteiger partial charge in [0.25, 0.3) is 0 Å². The Kier molecular flexibility index (Phi) is 6.75. The number of unbranched alkanes of at least 4 members (excludes halogenated alkanes) is 1. The van der Waals surface area contributed by atoms with Gasteiger partial charge in [0.15, 0.2) is 5.78 Å². The van der Waals surface area contributed by atoms with Crippen molar-refractivity contribution in [2.75, 3.05) is 19.8 Å². The van der Waals surface area contributed by atoms with Gasteiger partial charge in [-0.3, -0.25) is 4.79 Å². The lowest BCUT2D eigenvalue weighted by Crippen LogP contribution is -2.36. The summed E-state index contributed by atoms with van der Waals surface area (Å²) in [5.41, 5.74) is 0.195. The minimum Gasteiger partial charge on any atom is -0.374 e. The lowest BCUT2D eigenvalue weighted by Gasteiger charge is -2.20. The first kappa shape index (κ1) is 13.6. The molecule has 0 bridgehead atoms. The Hall–Kier alpha value is -0.410. The second-order valence-corrected chi connectivity index (χ2v) is 4.64. The zero-order valence-corrected chi connectivity index (χ0v) is 9.85. The summed E-state index contributed by atoms with van der Waals surface area (Å²) < 4.78 is 5.15. The van der Waals surface area contributed by atoms with E-state index in [4.69, 9.17) is 4.74 Å². The first-order chi connectivity index (χ1) is 6.42. The van der Waals surface area contributed by atoms with Crippen molar-refractivity contribution >= 4 is 5.78 Å². The van der Waals surface area contributed by atoms with E-state index < -0.39 is 0 Å². The molecule has 0 unspecified atom stereocenters. The fraction of sp³-hybridized carbons (Fsp3) is 0.909. The van der Waals surface area contributed by atoms with Gasteiger partial charge in [-0.2, -0.15) is 0 Å². The lowest BCUT2D eigenvalue weighted by molar-refractivity contribution is -0.121. The Morgan fingerprint density at radius 3 is 2.43 bits per heavy atom. The topological polar surface area (TPSA) is 38.3 Å². The van der Waals surface area contributed by atoms with Gasteiger partial charge in [-0.25, -0.2) is 0 Å². The molecule has 0 spiro atoms. The van der Waals surface area contributed by atoms with Crippen LogP contribution in [0.2, 0.25) is 0 Å². The van der Waals surface area contributed by atoms with E-state index in [1.165, 1.54) is 0 Å². The lowest BCUT2D eigenvalue weighted by atomic mass is 10.1. The van der Waals surface area contributed by atoms with Crippen LogP contribution in [0.3, 0.4) is 0 Å². The van der Waals surface area contributed by atoms with E-state index in [0.29, 0.717) is 6.61 Å². The van der Waals surface area contributed by atoms with Crippen LogP contribution in [0.4, 0.5) is 0 Å². The minimum atomic E-state index is 0.0952. The molecule has 0 rings (SSSR count). The van der Waals surface area contributed by atoms with E-state index >= 15 is 0 Å². The average Bonchev–Trinajstić information content (AvgIpc) is 2.00. The number of Topliss-reactive ketones (excluding diaryl/α,β-unsaturated/α-hetero) is 1. The van der Waals surface area contributed by atoms with Crippen LogP contribution in [-0.4, -0.2) is 31.1 Å². The van der Waals surface area contributed by atoms with E-state index in [9.17, 15) is 4.79 Å². The summed E-state index contributed by atoms with van der Waals surface area (Å²) in [5.74, 6) is 0.0952. The molecule has 0 radical (unpaired) electrons. The normalized spacial score (nSPS) is 11.7. The molecule has 0 aliphatic heterocycles. The summed E-state index contributed by atoms with van der Waals surface area (Å²) in [4.78, 5) is 10.5. The Balaban J connectivity index is 3.11. The molecule has 0 aromatic heterocycles. The van der Waals surface area contributed by atoms with Crippen LogP contribution in [0.1, 0.15) is 40.5 Å². The molecule has 0 atom stereocenters. The summed E-state index contributed by atoms with van der Waals surface area (Å²) in [6, 6.07) is 0. The summed E-state index contributed by atoms with van der Waals surface area (Å²) in [6.07, 6.45) is 2.10. The molecule has 1 N–H and O–H groups in total. The molecule has 84 valence electrons. The van der Waals surface area contributed by atoms with Crippen LogP contribution in [0.25, 0.3) is 0 Å². The van der Waals surface area contributed by atoms with E-state index in [-0.39, 0.29) is 17.9 Å². The highest BCUT2D eigenvalue weighted by atomic mass is 16.5. The quantitative estimate of drug-likeness (QED) is 0.638. The predicted octanol–water partition coefficient (Wildman–Crippen LogP) is 1.76. The van der Waals surface area contributed by atoms with Crippen molar-refractivity contribution in [1.29, 1.82) is 0 Å².